The molecule has 7 nitrogen and oxygen atoms in total. The van der Waals surface area contributed by atoms with Crippen molar-refractivity contribution in [2.24, 2.45) is 10.9 Å². The van der Waals surface area contributed by atoms with Gasteiger partial charge in [-0.25, -0.2) is 4.99 Å². The highest BCUT2D eigenvalue weighted by Gasteiger charge is 2.41. The molecule has 3 aliphatic heterocycles. The van der Waals surface area contributed by atoms with E-state index < -0.39 is 41.7 Å². The third-order valence-electron chi connectivity index (χ3n) is 8.01. The maximum atomic E-state index is 13.7. The average molecular weight is 598 g/mol. The fraction of sp³-hybridized carbons (Fsp3) is 0.483. The van der Waals surface area contributed by atoms with Crippen molar-refractivity contribution >= 4 is 11.6 Å². The van der Waals surface area contributed by atoms with Gasteiger partial charge in [-0.1, -0.05) is 24.3 Å². The Hall–Kier alpha value is -3.13. The van der Waals surface area contributed by atoms with Crippen molar-refractivity contribution in [3.8, 4) is 0 Å². The number of fused-ring (bicyclic) bond motifs is 1. The predicted octanol–water partition coefficient (Wildman–Crippen LogP) is 4.86. The van der Waals surface area contributed by atoms with E-state index in [1.165, 1.54) is 0 Å². The Labute approximate surface area is 240 Å². The molecule has 3 atom stereocenters. The zero-order valence-corrected chi connectivity index (χ0v) is 23.2. The number of nitrogens with zero attached hydrogens (tertiary/aromatic N) is 4. The third kappa shape index (κ3) is 6.59. The minimum Gasteiger partial charge on any atom is -0.458 e. The largest absolute Gasteiger partial charge is 0.458 e. The Morgan fingerprint density at radius 2 is 1.62 bits per heavy atom. The van der Waals surface area contributed by atoms with E-state index >= 15 is 0 Å². The summed E-state index contributed by atoms with van der Waals surface area (Å²) in [7, 11) is 2.02. The maximum absolute atomic E-state index is 13.7. The lowest BCUT2D eigenvalue weighted by Gasteiger charge is -2.43. The van der Waals surface area contributed by atoms with Gasteiger partial charge in [-0.15, -0.1) is 0 Å². The van der Waals surface area contributed by atoms with E-state index in [9.17, 15) is 31.5 Å². The molecule has 1 fully saturated rings. The second-order valence-corrected chi connectivity index (χ2v) is 11.0. The molecule has 0 radical (unpaired) electrons. The van der Waals surface area contributed by atoms with Crippen LogP contribution in [-0.2, 0) is 23.5 Å². The van der Waals surface area contributed by atoms with Gasteiger partial charge < -0.3 is 9.64 Å². The Balaban J connectivity index is 1.61. The summed E-state index contributed by atoms with van der Waals surface area (Å²) in [6, 6.07) is 7.84. The summed E-state index contributed by atoms with van der Waals surface area (Å²) in [5.74, 6) is -0.375. The first-order valence-electron chi connectivity index (χ1n) is 13.7. The number of hydrogen-bond acceptors (Lipinski definition) is 7. The summed E-state index contributed by atoms with van der Waals surface area (Å²) in [6.45, 7) is 5.32. The van der Waals surface area contributed by atoms with Gasteiger partial charge in [-0.05, 0) is 55.8 Å². The molecule has 228 valence electrons. The second-order valence-electron chi connectivity index (χ2n) is 11.0. The molecule has 1 saturated heterocycles. The van der Waals surface area contributed by atoms with E-state index in [-0.39, 0.29) is 31.3 Å². The molecule has 3 aliphatic rings. The highest BCUT2D eigenvalue weighted by Crippen LogP contribution is 2.38. The molecule has 13 heteroatoms. The summed E-state index contributed by atoms with van der Waals surface area (Å²) in [4.78, 5) is 8.80. The highest BCUT2D eigenvalue weighted by molar-refractivity contribution is 5.82. The van der Waals surface area contributed by atoms with E-state index in [0.29, 0.717) is 42.4 Å². The second kappa shape index (κ2) is 11.9. The van der Waals surface area contributed by atoms with Crippen molar-refractivity contribution in [3.05, 3.63) is 76.4 Å². The molecule has 0 aliphatic carbocycles. The van der Waals surface area contributed by atoms with Crippen LogP contribution >= 0.6 is 0 Å². The van der Waals surface area contributed by atoms with Crippen LogP contribution in [0.4, 0.5) is 26.3 Å². The van der Waals surface area contributed by atoms with Crippen LogP contribution in [0.3, 0.4) is 0 Å². The first kappa shape index (κ1) is 30.3. The number of nitrogens with one attached hydrogen (secondary N) is 1. The van der Waals surface area contributed by atoms with Crippen molar-refractivity contribution < 1.29 is 36.3 Å². The van der Waals surface area contributed by atoms with Crippen molar-refractivity contribution in [3.63, 3.8) is 0 Å². The summed E-state index contributed by atoms with van der Waals surface area (Å²) in [6.07, 6.45) is -9.15. The number of rotatable bonds is 4. The van der Waals surface area contributed by atoms with Crippen LogP contribution in [0.2, 0.25) is 0 Å². The van der Waals surface area contributed by atoms with Crippen molar-refractivity contribution in [1.29, 1.82) is 0 Å². The van der Waals surface area contributed by atoms with Crippen LogP contribution < -0.4 is 5.32 Å². The zero-order chi connectivity index (χ0) is 30.2. The maximum Gasteiger partial charge on any atom is 0.416 e. The number of likely N-dealkylation sites (N-methyl/N-ethyl adjacent to an activating group) is 1. The molecule has 2 aromatic carbocycles. The molecule has 5 rings (SSSR count). The summed E-state index contributed by atoms with van der Waals surface area (Å²) in [5.41, 5.74) is -1.18. The van der Waals surface area contributed by atoms with Gasteiger partial charge in [0, 0.05) is 38.3 Å². The summed E-state index contributed by atoms with van der Waals surface area (Å²) < 4.78 is 88.4. The predicted molar refractivity (Wildman–Crippen MR) is 144 cm³/mol. The van der Waals surface area contributed by atoms with E-state index in [4.69, 9.17) is 4.74 Å². The van der Waals surface area contributed by atoms with Gasteiger partial charge in [0.05, 0.1) is 35.5 Å². The van der Waals surface area contributed by atoms with Gasteiger partial charge in [0.25, 0.3) is 0 Å². The smallest absolute Gasteiger partial charge is 0.416 e. The fourth-order valence-corrected chi connectivity index (χ4v) is 5.64. The van der Waals surface area contributed by atoms with Gasteiger partial charge in [0.1, 0.15) is 0 Å². The normalized spacial score (nSPS) is 24.7. The number of piperazine rings is 1. The standard InChI is InChI=1S/C29H33F6N5O2/c1-18-5-3-4-6-22(18)25-15-26(39-9-7-38(2)8-10-39)42-27-23(16-36-17-37-27)24(40(25)41)13-19-11-20(28(30,31)32)14-21(12-19)29(33,34)35/h3-6,11-12,14-15,23-24,26,36,41H,7-10,13,16-17H2,1-2H3. The number of hydroxylamine groups is 2. The lowest BCUT2D eigenvalue weighted by atomic mass is 9.89. The van der Waals surface area contributed by atoms with E-state index in [0.717, 1.165) is 23.7 Å². The summed E-state index contributed by atoms with van der Waals surface area (Å²) >= 11 is 0. The Morgan fingerprint density at radius 1 is 0.976 bits per heavy atom. The van der Waals surface area contributed by atoms with Crippen molar-refractivity contribution in [1.82, 2.24) is 20.2 Å². The number of aryl methyl sites for hydroxylation is 1. The average Bonchev–Trinajstić information content (AvgIpc) is 2.93. The molecule has 2 aromatic rings. The Bertz CT molecular complexity index is 1300. The number of alkyl halides is 6. The molecule has 0 amide bonds. The number of ether oxygens (including phenoxy) is 1. The molecule has 0 spiro atoms. The third-order valence-corrected chi connectivity index (χ3v) is 8.01. The number of aliphatic imine (C=N–C) groups is 1. The van der Waals surface area contributed by atoms with E-state index in [1.54, 1.807) is 12.1 Å². The molecular formula is C29H33F6N5O2. The van der Waals surface area contributed by atoms with Crippen molar-refractivity contribution in [2.75, 3.05) is 46.4 Å². The topological polar surface area (TPSA) is 63.6 Å². The van der Waals surface area contributed by atoms with Crippen LogP contribution in [0.5, 0.6) is 0 Å². The SMILES string of the molecule is Cc1ccccc1C1=CC(N2CCN(C)CC2)OC2=NCNCC2C(Cc2cc(C(F)(F)F)cc(C(F)(F)F)c2)N1O. The monoisotopic (exact) mass is 597 g/mol. The number of hydrogen-bond donors (Lipinski definition) is 2. The van der Waals surface area contributed by atoms with Crippen molar-refractivity contribution in [2.45, 2.75) is 38.0 Å². The van der Waals surface area contributed by atoms with Crippen LogP contribution in [0, 0.1) is 12.8 Å². The van der Waals surface area contributed by atoms with Gasteiger partial charge in [0.2, 0.25) is 0 Å². The molecule has 0 saturated carbocycles. The first-order valence-corrected chi connectivity index (χ1v) is 13.7. The molecule has 0 bridgehead atoms. The highest BCUT2D eigenvalue weighted by atomic mass is 19.4. The molecular weight excluding hydrogens is 564 g/mol. The molecule has 3 heterocycles. The van der Waals surface area contributed by atoms with Crippen LogP contribution in [0.25, 0.3) is 5.70 Å². The van der Waals surface area contributed by atoms with Gasteiger partial charge in [0.15, 0.2) is 12.1 Å². The summed E-state index contributed by atoms with van der Waals surface area (Å²) in [5, 5.41) is 16.0. The van der Waals surface area contributed by atoms with E-state index in [1.807, 2.05) is 32.2 Å². The zero-order valence-electron chi connectivity index (χ0n) is 23.2. The lowest BCUT2D eigenvalue weighted by Crippen LogP contribution is -2.55. The molecule has 2 N–H and O–H groups in total. The van der Waals surface area contributed by atoms with Crippen LogP contribution in [-0.4, -0.2) is 84.7 Å². The van der Waals surface area contributed by atoms with Gasteiger partial charge in [-0.3, -0.25) is 20.5 Å². The number of benzene rings is 2. The van der Waals surface area contributed by atoms with Gasteiger partial charge in [-0.2, -0.15) is 26.3 Å². The molecule has 42 heavy (non-hydrogen) atoms. The van der Waals surface area contributed by atoms with E-state index in [2.05, 4.69) is 20.1 Å². The molecule has 0 aromatic heterocycles. The lowest BCUT2D eigenvalue weighted by molar-refractivity contribution is -0.143. The quantitative estimate of drug-likeness (QED) is 0.492. The van der Waals surface area contributed by atoms with Gasteiger partial charge >= 0.3 is 12.4 Å². The molecule has 3 unspecified atom stereocenters. The fourth-order valence-electron chi connectivity index (χ4n) is 5.64. The minimum atomic E-state index is -4.99. The van der Waals surface area contributed by atoms with Crippen LogP contribution in [0.15, 0.2) is 53.5 Å². The van der Waals surface area contributed by atoms with Crippen LogP contribution in [0.1, 0.15) is 27.8 Å². The Morgan fingerprint density at radius 3 is 2.24 bits per heavy atom. The first-order chi connectivity index (χ1) is 19.8. The minimum absolute atomic E-state index is 0.107. The number of halogens is 6. The Kier molecular flexibility index (Phi) is 8.57.